The molecule has 1 aromatic carbocycles. The molecule has 0 fully saturated rings. The second-order valence-corrected chi connectivity index (χ2v) is 5.46. The van der Waals surface area contributed by atoms with Crippen LogP contribution < -0.4 is 4.74 Å². The van der Waals surface area contributed by atoms with Gasteiger partial charge in [-0.3, -0.25) is 4.79 Å². The van der Waals surface area contributed by atoms with E-state index in [1.807, 2.05) is 13.8 Å². The molecule has 5 heteroatoms. The van der Waals surface area contributed by atoms with Gasteiger partial charge in [0.25, 0.3) is 0 Å². The van der Waals surface area contributed by atoms with E-state index < -0.39 is 6.10 Å². The average molecular weight is 331 g/mol. The standard InChI is InChI=1S/C14H19BrO4/c1-9(2)18-7-12(17)8-19-14-6-11(15)4-5-13(14)10(3)16/h4-6,9,12,17H,7-8H2,1-3H3. The highest BCUT2D eigenvalue weighted by Gasteiger charge is 2.12. The van der Waals surface area contributed by atoms with Gasteiger partial charge in [0.2, 0.25) is 0 Å². The van der Waals surface area contributed by atoms with Crippen LogP contribution in [0.3, 0.4) is 0 Å². The number of rotatable bonds is 7. The van der Waals surface area contributed by atoms with Crippen LogP contribution in [0.25, 0.3) is 0 Å². The normalized spacial score (nSPS) is 12.5. The first kappa shape index (κ1) is 16.1. The van der Waals surface area contributed by atoms with Gasteiger partial charge in [-0.1, -0.05) is 15.9 Å². The Morgan fingerprint density at radius 3 is 2.63 bits per heavy atom. The molecule has 1 aromatic rings. The maximum atomic E-state index is 11.5. The van der Waals surface area contributed by atoms with Gasteiger partial charge in [0.15, 0.2) is 5.78 Å². The molecular formula is C14H19BrO4. The number of halogens is 1. The predicted molar refractivity (Wildman–Crippen MR) is 76.7 cm³/mol. The number of ketones is 1. The van der Waals surface area contributed by atoms with Crippen molar-refractivity contribution in [2.45, 2.75) is 33.0 Å². The molecule has 0 bridgehead atoms. The van der Waals surface area contributed by atoms with Crippen molar-refractivity contribution in [3.05, 3.63) is 28.2 Å². The molecule has 1 unspecified atom stereocenters. The smallest absolute Gasteiger partial charge is 0.163 e. The summed E-state index contributed by atoms with van der Waals surface area (Å²) in [5.74, 6) is 0.390. The molecule has 19 heavy (non-hydrogen) atoms. The van der Waals surface area contributed by atoms with E-state index in [-0.39, 0.29) is 25.1 Å². The molecule has 4 nitrogen and oxygen atoms in total. The lowest BCUT2D eigenvalue weighted by Crippen LogP contribution is -2.25. The van der Waals surface area contributed by atoms with Crippen molar-refractivity contribution >= 4 is 21.7 Å². The minimum absolute atomic E-state index is 0.0632. The average Bonchev–Trinajstić information content (AvgIpc) is 2.33. The summed E-state index contributed by atoms with van der Waals surface area (Å²) in [5, 5.41) is 9.71. The van der Waals surface area contributed by atoms with Crippen LogP contribution in [0.4, 0.5) is 0 Å². The van der Waals surface area contributed by atoms with Crippen molar-refractivity contribution in [1.29, 1.82) is 0 Å². The van der Waals surface area contributed by atoms with E-state index in [4.69, 9.17) is 9.47 Å². The first-order valence-corrected chi connectivity index (χ1v) is 6.92. The molecule has 1 atom stereocenters. The van der Waals surface area contributed by atoms with E-state index in [9.17, 15) is 9.90 Å². The van der Waals surface area contributed by atoms with Crippen LogP contribution in [-0.2, 0) is 4.74 Å². The number of benzene rings is 1. The third-order valence-electron chi connectivity index (χ3n) is 2.38. The van der Waals surface area contributed by atoms with Gasteiger partial charge in [-0.25, -0.2) is 0 Å². The third kappa shape index (κ3) is 5.72. The van der Waals surface area contributed by atoms with Crippen molar-refractivity contribution in [2.75, 3.05) is 13.2 Å². The molecular weight excluding hydrogens is 312 g/mol. The number of aliphatic hydroxyl groups excluding tert-OH is 1. The lowest BCUT2D eigenvalue weighted by atomic mass is 10.1. The van der Waals surface area contributed by atoms with E-state index in [0.717, 1.165) is 4.47 Å². The molecule has 0 aliphatic carbocycles. The largest absolute Gasteiger partial charge is 0.490 e. The van der Waals surface area contributed by atoms with Crippen LogP contribution >= 0.6 is 15.9 Å². The van der Waals surface area contributed by atoms with Gasteiger partial charge in [-0.15, -0.1) is 0 Å². The van der Waals surface area contributed by atoms with Crippen molar-refractivity contribution in [3.63, 3.8) is 0 Å². The lowest BCUT2D eigenvalue weighted by Gasteiger charge is -2.16. The Hall–Kier alpha value is -0.910. The number of aliphatic hydroxyl groups is 1. The third-order valence-corrected chi connectivity index (χ3v) is 2.87. The van der Waals surface area contributed by atoms with E-state index >= 15 is 0 Å². The number of hydrogen-bond acceptors (Lipinski definition) is 4. The summed E-state index contributed by atoms with van der Waals surface area (Å²) in [6.45, 7) is 5.57. The lowest BCUT2D eigenvalue weighted by molar-refractivity contribution is -0.0123. The zero-order chi connectivity index (χ0) is 14.4. The van der Waals surface area contributed by atoms with Gasteiger partial charge in [0.05, 0.1) is 18.3 Å². The molecule has 0 heterocycles. The summed E-state index contributed by atoms with van der Waals surface area (Å²) >= 11 is 3.32. The highest BCUT2D eigenvalue weighted by molar-refractivity contribution is 9.10. The number of Topliss-reactive ketones (excluding diaryl/α,β-unsaturated/α-hetero) is 1. The molecule has 0 saturated heterocycles. The summed E-state index contributed by atoms with van der Waals surface area (Å²) in [7, 11) is 0. The highest BCUT2D eigenvalue weighted by Crippen LogP contribution is 2.24. The molecule has 0 radical (unpaired) electrons. The van der Waals surface area contributed by atoms with Crippen molar-refractivity contribution < 1.29 is 19.4 Å². The van der Waals surface area contributed by atoms with Crippen LogP contribution in [0.2, 0.25) is 0 Å². The molecule has 1 N–H and O–H groups in total. The monoisotopic (exact) mass is 330 g/mol. The van der Waals surface area contributed by atoms with E-state index in [0.29, 0.717) is 11.3 Å². The summed E-state index contributed by atoms with van der Waals surface area (Å²) in [6, 6.07) is 5.19. The zero-order valence-electron chi connectivity index (χ0n) is 11.4. The van der Waals surface area contributed by atoms with Crippen molar-refractivity contribution in [3.8, 4) is 5.75 Å². The Labute approximate surface area is 121 Å². The first-order valence-electron chi connectivity index (χ1n) is 6.13. The summed E-state index contributed by atoms with van der Waals surface area (Å²) in [6.07, 6.45) is -0.658. The Morgan fingerprint density at radius 2 is 2.05 bits per heavy atom. The maximum absolute atomic E-state index is 11.5. The fourth-order valence-corrected chi connectivity index (χ4v) is 1.78. The number of carbonyl (C=O) groups is 1. The van der Waals surface area contributed by atoms with Crippen LogP contribution in [0.1, 0.15) is 31.1 Å². The van der Waals surface area contributed by atoms with E-state index in [1.165, 1.54) is 6.92 Å². The summed E-state index contributed by atoms with van der Waals surface area (Å²) < 4.78 is 11.6. The minimum atomic E-state index is -0.721. The van der Waals surface area contributed by atoms with Gasteiger partial charge in [-0.05, 0) is 39.0 Å². The molecule has 0 spiro atoms. The second-order valence-electron chi connectivity index (χ2n) is 4.54. The molecule has 0 aromatic heterocycles. The highest BCUT2D eigenvalue weighted by atomic mass is 79.9. The number of carbonyl (C=O) groups excluding carboxylic acids is 1. The molecule has 0 amide bonds. The topological polar surface area (TPSA) is 55.8 Å². The summed E-state index contributed by atoms with van der Waals surface area (Å²) in [5.41, 5.74) is 0.500. The molecule has 0 aliphatic rings. The summed E-state index contributed by atoms with van der Waals surface area (Å²) in [4.78, 5) is 11.5. The zero-order valence-corrected chi connectivity index (χ0v) is 12.9. The maximum Gasteiger partial charge on any atom is 0.163 e. The fraction of sp³-hybridized carbons (Fsp3) is 0.500. The van der Waals surface area contributed by atoms with Gasteiger partial charge in [0, 0.05) is 4.47 Å². The SMILES string of the molecule is CC(=O)c1ccc(Br)cc1OCC(O)COC(C)C. The van der Waals surface area contributed by atoms with Crippen LogP contribution in [0.5, 0.6) is 5.75 Å². The fourth-order valence-electron chi connectivity index (χ4n) is 1.44. The van der Waals surface area contributed by atoms with E-state index in [1.54, 1.807) is 18.2 Å². The molecule has 1 rings (SSSR count). The predicted octanol–water partition coefficient (Wildman–Crippen LogP) is 2.82. The molecule has 106 valence electrons. The molecule has 0 aliphatic heterocycles. The van der Waals surface area contributed by atoms with Crippen molar-refractivity contribution in [1.82, 2.24) is 0 Å². The number of ether oxygens (including phenoxy) is 2. The van der Waals surface area contributed by atoms with E-state index in [2.05, 4.69) is 15.9 Å². The second kappa shape index (κ2) is 7.62. The molecule has 0 saturated carbocycles. The Bertz CT molecular complexity index is 431. The quantitative estimate of drug-likeness (QED) is 0.781. The van der Waals surface area contributed by atoms with Crippen LogP contribution in [0.15, 0.2) is 22.7 Å². The minimum Gasteiger partial charge on any atom is -0.490 e. The van der Waals surface area contributed by atoms with Crippen LogP contribution in [0, 0.1) is 0 Å². The van der Waals surface area contributed by atoms with Gasteiger partial charge in [0.1, 0.15) is 18.5 Å². The Kier molecular flexibility index (Phi) is 6.48. The Morgan fingerprint density at radius 1 is 1.37 bits per heavy atom. The van der Waals surface area contributed by atoms with Crippen LogP contribution in [-0.4, -0.2) is 36.3 Å². The Balaban J connectivity index is 2.61. The van der Waals surface area contributed by atoms with Gasteiger partial charge >= 0.3 is 0 Å². The van der Waals surface area contributed by atoms with Crippen molar-refractivity contribution in [2.24, 2.45) is 0 Å². The number of hydrogen-bond donors (Lipinski definition) is 1. The van der Waals surface area contributed by atoms with Gasteiger partial charge < -0.3 is 14.6 Å². The van der Waals surface area contributed by atoms with Gasteiger partial charge in [-0.2, -0.15) is 0 Å². The first-order chi connectivity index (χ1) is 8.90.